The fourth-order valence-electron chi connectivity index (χ4n) is 3.55. The van der Waals surface area contributed by atoms with Gasteiger partial charge in [-0.15, -0.1) is 0 Å². The van der Waals surface area contributed by atoms with Gasteiger partial charge in [0.2, 0.25) is 0 Å². The van der Waals surface area contributed by atoms with Crippen LogP contribution in [-0.4, -0.2) is 43.1 Å². The van der Waals surface area contributed by atoms with Gasteiger partial charge in [0.15, 0.2) is 0 Å². The lowest BCUT2D eigenvalue weighted by Crippen LogP contribution is -2.48. The topological polar surface area (TPSA) is 70.7 Å². The maximum absolute atomic E-state index is 12.7. The van der Waals surface area contributed by atoms with Crippen molar-refractivity contribution in [2.45, 2.75) is 39.2 Å². The van der Waals surface area contributed by atoms with Gasteiger partial charge in [-0.1, -0.05) is 31.2 Å². The average molecular weight is 357 g/mol. The zero-order valence-electron chi connectivity index (χ0n) is 15.5. The number of ether oxygens (including phenoxy) is 1. The Labute approximate surface area is 154 Å². The Hall–Kier alpha value is -2.34. The van der Waals surface area contributed by atoms with Gasteiger partial charge in [-0.05, 0) is 50.4 Å². The molecule has 0 aliphatic carbocycles. The predicted molar refractivity (Wildman–Crippen MR) is 99.6 cm³/mol. The molecule has 0 bridgehead atoms. The number of nitrogens with one attached hydrogen (secondary N) is 2. The Bertz CT molecular complexity index is 691. The summed E-state index contributed by atoms with van der Waals surface area (Å²) in [5.74, 6) is -0.376. The van der Waals surface area contributed by atoms with Crippen LogP contribution in [-0.2, 0) is 16.0 Å². The molecule has 1 atom stereocenters. The number of urea groups is 1. The molecule has 1 aromatic carbocycles. The number of carbonyl (C=O) groups excluding carboxylic acids is 2. The number of hydrogen-bond acceptors (Lipinski definition) is 4. The van der Waals surface area contributed by atoms with Gasteiger partial charge < -0.3 is 15.4 Å². The van der Waals surface area contributed by atoms with Gasteiger partial charge in [0.1, 0.15) is 0 Å². The first-order valence-electron chi connectivity index (χ1n) is 9.41. The van der Waals surface area contributed by atoms with Crippen molar-refractivity contribution in [1.29, 1.82) is 0 Å². The minimum Gasteiger partial charge on any atom is -0.463 e. The van der Waals surface area contributed by atoms with Gasteiger partial charge in [-0.25, -0.2) is 9.59 Å². The summed E-state index contributed by atoms with van der Waals surface area (Å²) >= 11 is 0. The molecule has 1 saturated heterocycles. The van der Waals surface area contributed by atoms with Gasteiger partial charge in [0.25, 0.3) is 0 Å². The molecule has 0 aromatic heterocycles. The molecule has 0 radical (unpaired) electrons. The normalized spacial score (nSPS) is 20.7. The van der Waals surface area contributed by atoms with Crippen molar-refractivity contribution in [3.8, 4) is 0 Å². The molecule has 2 aliphatic heterocycles. The fourth-order valence-corrected chi connectivity index (χ4v) is 3.55. The third-order valence-corrected chi connectivity index (χ3v) is 4.95. The molecule has 140 valence electrons. The Morgan fingerprint density at radius 1 is 1.19 bits per heavy atom. The number of esters is 1. The van der Waals surface area contributed by atoms with E-state index < -0.39 is 6.04 Å². The molecule has 1 unspecified atom stereocenters. The Morgan fingerprint density at radius 2 is 1.88 bits per heavy atom. The molecule has 2 heterocycles. The van der Waals surface area contributed by atoms with Crippen molar-refractivity contribution in [2.24, 2.45) is 0 Å². The highest BCUT2D eigenvalue weighted by Gasteiger charge is 2.34. The lowest BCUT2D eigenvalue weighted by molar-refractivity contribution is -0.139. The SMILES string of the molecule is CCOC(=O)C1=C(CN2CCCC2)NC(=O)NC1c1ccc(CC)cc1. The maximum atomic E-state index is 12.7. The number of benzene rings is 1. The number of nitrogens with zero attached hydrogens (tertiary/aromatic N) is 1. The highest BCUT2D eigenvalue weighted by Crippen LogP contribution is 2.29. The largest absolute Gasteiger partial charge is 0.463 e. The standard InChI is InChI=1S/C20H27N3O3/c1-3-14-7-9-15(10-8-14)18-17(19(24)26-4-2)16(21-20(25)22-18)13-23-11-5-6-12-23/h7-10,18H,3-6,11-13H2,1-2H3,(H2,21,22,25). The fraction of sp³-hybridized carbons (Fsp3) is 0.500. The van der Waals surface area contributed by atoms with Crippen LogP contribution in [0.1, 0.15) is 43.9 Å². The van der Waals surface area contributed by atoms with E-state index in [9.17, 15) is 9.59 Å². The Morgan fingerprint density at radius 3 is 2.50 bits per heavy atom. The first-order valence-corrected chi connectivity index (χ1v) is 9.41. The van der Waals surface area contributed by atoms with Gasteiger partial charge in [-0.2, -0.15) is 0 Å². The molecule has 6 heteroatoms. The number of likely N-dealkylation sites (tertiary alicyclic amines) is 1. The number of rotatable bonds is 6. The predicted octanol–water partition coefficient (Wildman–Crippen LogP) is 2.52. The number of hydrogen-bond donors (Lipinski definition) is 2. The lowest BCUT2D eigenvalue weighted by atomic mass is 9.94. The molecule has 26 heavy (non-hydrogen) atoms. The molecular formula is C20H27N3O3. The monoisotopic (exact) mass is 357 g/mol. The zero-order valence-corrected chi connectivity index (χ0v) is 15.5. The van der Waals surface area contributed by atoms with E-state index in [-0.39, 0.29) is 12.0 Å². The van der Waals surface area contributed by atoms with Crippen molar-refractivity contribution in [3.05, 3.63) is 46.7 Å². The van der Waals surface area contributed by atoms with E-state index in [1.54, 1.807) is 6.92 Å². The Balaban J connectivity index is 1.97. The van der Waals surface area contributed by atoms with Crippen LogP contribution in [0, 0.1) is 0 Å². The second kappa shape index (κ2) is 8.36. The van der Waals surface area contributed by atoms with Crippen molar-refractivity contribution in [1.82, 2.24) is 15.5 Å². The molecule has 1 fully saturated rings. The van der Waals surface area contributed by atoms with Crippen molar-refractivity contribution >= 4 is 12.0 Å². The molecular weight excluding hydrogens is 330 g/mol. The van der Waals surface area contributed by atoms with Crippen LogP contribution < -0.4 is 10.6 Å². The molecule has 2 aliphatic rings. The highest BCUT2D eigenvalue weighted by atomic mass is 16.5. The third kappa shape index (κ3) is 4.07. The smallest absolute Gasteiger partial charge is 0.338 e. The van der Waals surface area contributed by atoms with Crippen LogP contribution in [0.3, 0.4) is 0 Å². The Kier molecular flexibility index (Phi) is 5.93. The molecule has 1 aromatic rings. The van der Waals surface area contributed by atoms with E-state index in [4.69, 9.17) is 4.74 Å². The van der Waals surface area contributed by atoms with Crippen LogP contribution in [0.2, 0.25) is 0 Å². The van der Waals surface area contributed by atoms with Crippen LogP contribution in [0.4, 0.5) is 4.79 Å². The molecule has 0 spiro atoms. The summed E-state index contributed by atoms with van der Waals surface area (Å²) in [6.45, 7) is 6.72. The maximum Gasteiger partial charge on any atom is 0.338 e. The highest BCUT2D eigenvalue weighted by molar-refractivity contribution is 5.95. The van der Waals surface area contributed by atoms with Crippen LogP contribution in [0.25, 0.3) is 0 Å². The molecule has 2 amide bonds. The molecule has 6 nitrogen and oxygen atoms in total. The number of carbonyl (C=O) groups is 2. The van der Waals surface area contributed by atoms with Crippen molar-refractivity contribution in [3.63, 3.8) is 0 Å². The lowest BCUT2D eigenvalue weighted by Gasteiger charge is -2.31. The second-order valence-corrected chi connectivity index (χ2v) is 6.72. The van der Waals surface area contributed by atoms with E-state index in [2.05, 4.69) is 22.5 Å². The first kappa shape index (κ1) is 18.5. The molecule has 3 rings (SSSR count). The van der Waals surface area contributed by atoms with Crippen LogP contribution in [0.15, 0.2) is 35.5 Å². The van der Waals surface area contributed by atoms with Gasteiger partial charge >= 0.3 is 12.0 Å². The minimum atomic E-state index is -0.494. The van der Waals surface area contributed by atoms with Gasteiger partial charge in [0, 0.05) is 12.2 Å². The molecule has 2 N–H and O–H groups in total. The summed E-state index contributed by atoms with van der Waals surface area (Å²) < 4.78 is 5.30. The van der Waals surface area contributed by atoms with Crippen LogP contribution in [0.5, 0.6) is 0 Å². The summed E-state index contributed by atoms with van der Waals surface area (Å²) in [5, 5.41) is 5.73. The number of aryl methyl sites for hydroxylation is 1. The van der Waals surface area contributed by atoms with E-state index in [0.29, 0.717) is 24.4 Å². The summed E-state index contributed by atoms with van der Waals surface area (Å²) in [6, 6.07) is 7.24. The van der Waals surface area contributed by atoms with E-state index in [0.717, 1.165) is 37.9 Å². The minimum absolute atomic E-state index is 0.281. The van der Waals surface area contributed by atoms with E-state index in [1.807, 2.05) is 24.3 Å². The molecule has 0 saturated carbocycles. The summed E-state index contributed by atoms with van der Waals surface area (Å²) in [6.07, 6.45) is 3.24. The number of amides is 2. The summed E-state index contributed by atoms with van der Waals surface area (Å²) in [4.78, 5) is 27.2. The summed E-state index contributed by atoms with van der Waals surface area (Å²) in [5.41, 5.74) is 3.26. The van der Waals surface area contributed by atoms with E-state index >= 15 is 0 Å². The van der Waals surface area contributed by atoms with Crippen LogP contribution >= 0.6 is 0 Å². The van der Waals surface area contributed by atoms with Crippen molar-refractivity contribution in [2.75, 3.05) is 26.2 Å². The zero-order chi connectivity index (χ0) is 18.5. The van der Waals surface area contributed by atoms with Gasteiger partial charge in [0.05, 0.1) is 18.2 Å². The third-order valence-electron chi connectivity index (χ3n) is 4.95. The quantitative estimate of drug-likeness (QED) is 0.768. The first-order chi connectivity index (χ1) is 12.6. The van der Waals surface area contributed by atoms with Crippen molar-refractivity contribution < 1.29 is 14.3 Å². The average Bonchev–Trinajstić information content (AvgIpc) is 3.14. The van der Waals surface area contributed by atoms with Gasteiger partial charge in [-0.3, -0.25) is 4.90 Å². The van der Waals surface area contributed by atoms with E-state index in [1.165, 1.54) is 5.56 Å². The second-order valence-electron chi connectivity index (χ2n) is 6.72. The summed E-state index contributed by atoms with van der Waals surface area (Å²) in [7, 11) is 0.